The van der Waals surface area contributed by atoms with Crippen molar-refractivity contribution in [3.05, 3.63) is 113 Å². The topological polar surface area (TPSA) is 88.4 Å². The van der Waals surface area contributed by atoms with Crippen LogP contribution in [-0.4, -0.2) is 39.3 Å². The Bertz CT molecular complexity index is 1420. The second kappa shape index (κ2) is 13.6. The minimum absolute atomic E-state index is 0.0318. The molecule has 1 atom stereocenters. The van der Waals surface area contributed by atoms with Crippen LogP contribution in [0, 0.1) is 13.8 Å². The van der Waals surface area contributed by atoms with Gasteiger partial charge < -0.3 is 25.0 Å². The summed E-state index contributed by atoms with van der Waals surface area (Å²) < 4.78 is 7.75. The summed E-state index contributed by atoms with van der Waals surface area (Å²) in [6.45, 7) is 11.7. The van der Waals surface area contributed by atoms with Crippen molar-refractivity contribution in [2.24, 2.45) is 0 Å². The van der Waals surface area contributed by atoms with Gasteiger partial charge in [0.05, 0.1) is 19.1 Å². The molecule has 0 saturated carbocycles. The van der Waals surface area contributed by atoms with Crippen LogP contribution in [0.1, 0.15) is 60.5 Å². The molecule has 0 unspecified atom stereocenters. The summed E-state index contributed by atoms with van der Waals surface area (Å²) in [4.78, 5) is 17.3. The van der Waals surface area contributed by atoms with E-state index in [1.54, 1.807) is 6.20 Å². The van der Waals surface area contributed by atoms with Gasteiger partial charge in [-0.25, -0.2) is 4.98 Å². The summed E-state index contributed by atoms with van der Waals surface area (Å²) >= 11 is 0. The standard InChI is InChI=1S/C34H42N4O3/c1-6-41-31-13-8-7-12-29(31)22-36-33(40)19-26-10-9-11-27(18-26)20-34(4,5)37-23-30(39)28-16-17-32(35-21-28)38-24(2)14-15-25(38)3/h7-18,21,30,37,39H,6,19-20,22-23H2,1-5H3,(H,36,40)/t30-/m0/s1. The molecule has 0 saturated heterocycles. The Morgan fingerprint density at radius 2 is 1.73 bits per heavy atom. The number of nitrogens with zero attached hydrogens (tertiary/aromatic N) is 2. The van der Waals surface area contributed by atoms with Gasteiger partial charge in [0, 0.05) is 47.3 Å². The Morgan fingerprint density at radius 1 is 1.00 bits per heavy atom. The predicted molar refractivity (Wildman–Crippen MR) is 163 cm³/mol. The molecule has 4 rings (SSSR count). The van der Waals surface area contributed by atoms with Crippen molar-refractivity contribution in [2.45, 2.75) is 65.6 Å². The van der Waals surface area contributed by atoms with Gasteiger partial charge in [-0.1, -0.05) is 48.5 Å². The number of rotatable bonds is 13. The molecule has 1 amide bonds. The van der Waals surface area contributed by atoms with Crippen LogP contribution in [0.4, 0.5) is 0 Å². The SMILES string of the molecule is CCOc1ccccc1CNC(=O)Cc1cccc(CC(C)(C)NC[C@H](O)c2ccc(-n3c(C)ccc3C)nc2)c1. The highest BCUT2D eigenvalue weighted by molar-refractivity contribution is 5.78. The number of aryl methyl sites for hydroxylation is 2. The van der Waals surface area contributed by atoms with E-state index in [4.69, 9.17) is 4.74 Å². The third kappa shape index (κ3) is 8.28. The molecule has 7 nitrogen and oxygen atoms in total. The molecular formula is C34H42N4O3. The second-order valence-electron chi connectivity index (χ2n) is 11.2. The summed E-state index contributed by atoms with van der Waals surface area (Å²) in [5.74, 6) is 1.61. The fraction of sp³-hybridized carbons (Fsp3) is 0.353. The van der Waals surface area contributed by atoms with Crippen molar-refractivity contribution >= 4 is 5.91 Å². The molecule has 2 aromatic heterocycles. The van der Waals surface area contributed by atoms with Gasteiger partial charge in [-0.2, -0.15) is 0 Å². The number of para-hydroxylation sites is 1. The summed E-state index contributed by atoms with van der Waals surface area (Å²) in [6, 6.07) is 23.9. The Balaban J connectivity index is 1.29. The number of aliphatic hydroxyl groups is 1. The zero-order valence-corrected chi connectivity index (χ0v) is 24.8. The Morgan fingerprint density at radius 3 is 2.44 bits per heavy atom. The van der Waals surface area contributed by atoms with E-state index in [1.165, 1.54) is 0 Å². The monoisotopic (exact) mass is 554 g/mol. The lowest BCUT2D eigenvalue weighted by Gasteiger charge is -2.28. The van der Waals surface area contributed by atoms with Crippen LogP contribution in [-0.2, 0) is 24.2 Å². The highest BCUT2D eigenvalue weighted by Crippen LogP contribution is 2.20. The Labute approximate surface area is 243 Å². The van der Waals surface area contributed by atoms with Gasteiger partial charge >= 0.3 is 0 Å². The van der Waals surface area contributed by atoms with Gasteiger partial charge in [-0.3, -0.25) is 4.79 Å². The van der Waals surface area contributed by atoms with E-state index in [0.29, 0.717) is 26.1 Å². The molecule has 41 heavy (non-hydrogen) atoms. The molecular weight excluding hydrogens is 512 g/mol. The number of hydrogen-bond donors (Lipinski definition) is 3. The number of pyridine rings is 1. The third-order valence-electron chi connectivity index (χ3n) is 7.18. The summed E-state index contributed by atoms with van der Waals surface area (Å²) in [6.07, 6.45) is 2.13. The number of amides is 1. The average molecular weight is 555 g/mol. The van der Waals surface area contributed by atoms with Gasteiger partial charge in [0.2, 0.25) is 5.91 Å². The molecule has 0 bridgehead atoms. The first kappa shape index (κ1) is 30.0. The molecule has 0 aliphatic carbocycles. The minimum atomic E-state index is -0.675. The van der Waals surface area contributed by atoms with Crippen LogP contribution >= 0.6 is 0 Å². The molecule has 216 valence electrons. The Hall–Kier alpha value is -3.94. The molecule has 0 fully saturated rings. The molecule has 0 spiro atoms. The van der Waals surface area contributed by atoms with E-state index in [0.717, 1.165) is 51.6 Å². The lowest BCUT2D eigenvalue weighted by molar-refractivity contribution is -0.120. The highest BCUT2D eigenvalue weighted by Gasteiger charge is 2.20. The third-order valence-corrected chi connectivity index (χ3v) is 7.18. The molecule has 3 N–H and O–H groups in total. The van der Waals surface area contributed by atoms with Crippen molar-refractivity contribution in [2.75, 3.05) is 13.2 Å². The van der Waals surface area contributed by atoms with E-state index in [9.17, 15) is 9.90 Å². The fourth-order valence-corrected chi connectivity index (χ4v) is 5.06. The number of ether oxygens (including phenoxy) is 1. The maximum atomic E-state index is 12.7. The number of hydrogen-bond acceptors (Lipinski definition) is 5. The number of carbonyl (C=O) groups is 1. The smallest absolute Gasteiger partial charge is 0.224 e. The quantitative estimate of drug-likeness (QED) is 0.206. The van der Waals surface area contributed by atoms with Gasteiger partial charge in [-0.05, 0) is 76.4 Å². The first-order valence-corrected chi connectivity index (χ1v) is 14.2. The van der Waals surface area contributed by atoms with E-state index in [1.807, 2.05) is 55.5 Å². The number of β-amino-alcohol motifs (C(OH)–C–C–N with tert-alkyl or cyclic N) is 1. The molecule has 0 aliphatic rings. The summed E-state index contributed by atoms with van der Waals surface area (Å²) in [7, 11) is 0. The van der Waals surface area contributed by atoms with Gasteiger partial charge in [0.1, 0.15) is 11.6 Å². The highest BCUT2D eigenvalue weighted by atomic mass is 16.5. The molecule has 0 radical (unpaired) electrons. The largest absolute Gasteiger partial charge is 0.494 e. The van der Waals surface area contributed by atoms with Crippen LogP contribution in [0.25, 0.3) is 5.82 Å². The number of aromatic nitrogens is 2. The van der Waals surface area contributed by atoms with Crippen molar-refractivity contribution < 1.29 is 14.6 Å². The zero-order valence-electron chi connectivity index (χ0n) is 24.8. The second-order valence-corrected chi connectivity index (χ2v) is 11.2. The number of aliphatic hydroxyl groups excluding tert-OH is 1. The first-order valence-electron chi connectivity index (χ1n) is 14.2. The molecule has 7 heteroatoms. The van der Waals surface area contributed by atoms with Gasteiger partial charge in [-0.15, -0.1) is 0 Å². The van der Waals surface area contributed by atoms with E-state index < -0.39 is 6.10 Å². The van der Waals surface area contributed by atoms with Gasteiger partial charge in [0.25, 0.3) is 0 Å². The molecule has 4 aromatic rings. The molecule has 0 aliphatic heterocycles. The van der Waals surface area contributed by atoms with Crippen LogP contribution in [0.5, 0.6) is 5.75 Å². The number of carbonyl (C=O) groups excluding carboxylic acids is 1. The maximum Gasteiger partial charge on any atom is 0.224 e. The average Bonchev–Trinajstić information content (AvgIpc) is 3.29. The van der Waals surface area contributed by atoms with Crippen molar-refractivity contribution in [3.8, 4) is 11.6 Å². The molecule has 2 aromatic carbocycles. The van der Waals surface area contributed by atoms with E-state index in [-0.39, 0.29) is 11.4 Å². The normalized spacial score (nSPS) is 12.2. The predicted octanol–water partition coefficient (Wildman–Crippen LogP) is 5.39. The van der Waals surface area contributed by atoms with Crippen molar-refractivity contribution in [1.29, 1.82) is 0 Å². The summed E-state index contributed by atoms with van der Waals surface area (Å²) in [5, 5.41) is 17.4. The van der Waals surface area contributed by atoms with Crippen molar-refractivity contribution in [3.63, 3.8) is 0 Å². The zero-order chi connectivity index (χ0) is 29.4. The van der Waals surface area contributed by atoms with E-state index >= 15 is 0 Å². The van der Waals surface area contributed by atoms with Crippen LogP contribution in [0.2, 0.25) is 0 Å². The van der Waals surface area contributed by atoms with Gasteiger partial charge in [0.15, 0.2) is 0 Å². The number of nitrogens with one attached hydrogen (secondary N) is 2. The van der Waals surface area contributed by atoms with Crippen LogP contribution in [0.3, 0.4) is 0 Å². The number of benzene rings is 2. The first-order chi connectivity index (χ1) is 19.6. The fourth-order valence-electron chi connectivity index (χ4n) is 5.06. The van der Waals surface area contributed by atoms with E-state index in [2.05, 4.69) is 72.1 Å². The lowest BCUT2D eigenvalue weighted by atomic mass is 9.93. The maximum absolute atomic E-state index is 12.7. The van der Waals surface area contributed by atoms with Crippen LogP contribution < -0.4 is 15.4 Å². The summed E-state index contributed by atoms with van der Waals surface area (Å²) in [5.41, 5.74) is 5.82. The Kier molecular flexibility index (Phi) is 9.97. The van der Waals surface area contributed by atoms with Crippen molar-refractivity contribution in [1.82, 2.24) is 20.2 Å². The van der Waals surface area contributed by atoms with Crippen LogP contribution in [0.15, 0.2) is 79.0 Å². The minimum Gasteiger partial charge on any atom is -0.494 e. The lowest BCUT2D eigenvalue weighted by Crippen LogP contribution is -2.43. The molecule has 2 heterocycles.